The van der Waals surface area contributed by atoms with Gasteiger partial charge < -0.3 is 10.0 Å². The first-order chi connectivity index (χ1) is 10.2. The fourth-order valence-electron chi connectivity index (χ4n) is 3.15. The molecule has 0 spiro atoms. The van der Waals surface area contributed by atoms with E-state index in [-0.39, 0.29) is 11.9 Å². The lowest BCUT2D eigenvalue weighted by atomic mass is 9.76. The highest BCUT2D eigenvalue weighted by atomic mass is 16.3. The molecule has 0 bridgehead atoms. The second kappa shape index (κ2) is 5.34. The number of rotatable bonds is 3. The first-order valence-electron chi connectivity index (χ1n) is 7.30. The summed E-state index contributed by atoms with van der Waals surface area (Å²) < 4.78 is 0. The molecule has 3 nitrogen and oxygen atoms in total. The molecule has 1 aliphatic rings. The van der Waals surface area contributed by atoms with Crippen molar-refractivity contribution < 1.29 is 9.90 Å². The van der Waals surface area contributed by atoms with Gasteiger partial charge in [0.15, 0.2) is 0 Å². The van der Waals surface area contributed by atoms with Crippen LogP contribution in [0.4, 0.5) is 0 Å². The highest BCUT2D eigenvalue weighted by Gasteiger charge is 2.53. The number of hydrogen-bond donors (Lipinski definition) is 1. The summed E-state index contributed by atoms with van der Waals surface area (Å²) >= 11 is 0. The molecule has 0 aliphatic carbocycles. The number of β-amino-alcohol motifs (C(OH)–C–C–N with tert-alkyl or cyclic N) is 1. The Balaban J connectivity index is 1.84. The van der Waals surface area contributed by atoms with E-state index in [0.717, 1.165) is 12.0 Å². The normalized spacial score (nSPS) is 24.5. The topological polar surface area (TPSA) is 40.5 Å². The third-order valence-corrected chi connectivity index (χ3v) is 4.28. The molecule has 2 aromatic carbocycles. The summed E-state index contributed by atoms with van der Waals surface area (Å²) in [4.78, 5) is 14.3. The van der Waals surface area contributed by atoms with Gasteiger partial charge in [0.1, 0.15) is 5.60 Å². The highest BCUT2D eigenvalue weighted by Crippen LogP contribution is 2.40. The molecule has 1 fully saturated rings. The maximum absolute atomic E-state index is 12.5. The third-order valence-electron chi connectivity index (χ3n) is 4.28. The van der Waals surface area contributed by atoms with Crippen LogP contribution in [0.3, 0.4) is 0 Å². The number of benzene rings is 2. The van der Waals surface area contributed by atoms with Gasteiger partial charge in [0.2, 0.25) is 0 Å². The minimum absolute atomic E-state index is 0.0111. The lowest BCUT2D eigenvalue weighted by Crippen LogP contribution is -2.68. The maximum atomic E-state index is 12.5. The van der Waals surface area contributed by atoms with Crippen LogP contribution in [0.5, 0.6) is 0 Å². The van der Waals surface area contributed by atoms with Gasteiger partial charge in [0.25, 0.3) is 5.91 Å². The molecule has 2 atom stereocenters. The van der Waals surface area contributed by atoms with Gasteiger partial charge in [-0.25, -0.2) is 0 Å². The molecule has 0 aromatic heterocycles. The summed E-state index contributed by atoms with van der Waals surface area (Å²) in [5.74, 6) is -0.0111. The first-order valence-corrected chi connectivity index (χ1v) is 7.30. The quantitative estimate of drug-likeness (QED) is 0.940. The molecular formula is C18H19NO2. The molecule has 108 valence electrons. The summed E-state index contributed by atoms with van der Waals surface area (Å²) in [6.45, 7) is 2.35. The highest BCUT2D eigenvalue weighted by molar-refractivity contribution is 5.95. The average molecular weight is 281 g/mol. The summed E-state index contributed by atoms with van der Waals surface area (Å²) in [6, 6.07) is 18.7. The molecule has 1 amide bonds. The Hall–Kier alpha value is -2.13. The second-order valence-electron chi connectivity index (χ2n) is 5.51. The van der Waals surface area contributed by atoms with Gasteiger partial charge in [-0.2, -0.15) is 0 Å². The van der Waals surface area contributed by atoms with Crippen LogP contribution in [0.25, 0.3) is 0 Å². The molecule has 0 radical (unpaired) electrons. The third kappa shape index (κ3) is 2.24. The smallest absolute Gasteiger partial charge is 0.254 e. The summed E-state index contributed by atoms with van der Waals surface area (Å²) in [5, 5.41) is 10.9. The summed E-state index contributed by atoms with van der Waals surface area (Å²) in [7, 11) is 0. The Bertz CT molecular complexity index is 626. The molecule has 21 heavy (non-hydrogen) atoms. The van der Waals surface area contributed by atoms with E-state index in [2.05, 4.69) is 0 Å². The number of aliphatic hydroxyl groups is 1. The van der Waals surface area contributed by atoms with E-state index in [1.165, 1.54) is 0 Å². The van der Waals surface area contributed by atoms with Gasteiger partial charge in [-0.05, 0) is 24.1 Å². The molecule has 3 heteroatoms. The zero-order chi connectivity index (χ0) is 14.9. The SMILES string of the molecule is CCC1N(C(=O)c2ccccc2)CC1(O)c1ccccc1. The van der Waals surface area contributed by atoms with Gasteiger partial charge in [0, 0.05) is 5.56 Å². The molecule has 0 saturated carbocycles. The molecule has 2 unspecified atom stereocenters. The number of carbonyl (C=O) groups excluding carboxylic acids is 1. The zero-order valence-corrected chi connectivity index (χ0v) is 12.1. The fourth-order valence-corrected chi connectivity index (χ4v) is 3.15. The van der Waals surface area contributed by atoms with Crippen molar-refractivity contribution in [3.63, 3.8) is 0 Å². The van der Waals surface area contributed by atoms with Crippen molar-refractivity contribution in [3.05, 3.63) is 71.8 Å². The summed E-state index contributed by atoms with van der Waals surface area (Å²) in [5.41, 5.74) is 0.625. The Morgan fingerprint density at radius 1 is 1.14 bits per heavy atom. The van der Waals surface area contributed by atoms with Crippen molar-refractivity contribution in [3.8, 4) is 0 Å². The van der Waals surface area contributed by atoms with Crippen LogP contribution in [-0.4, -0.2) is 28.5 Å². The summed E-state index contributed by atoms with van der Waals surface area (Å²) in [6.07, 6.45) is 0.726. The van der Waals surface area contributed by atoms with E-state index in [1.807, 2.05) is 67.6 Å². The molecule has 1 aliphatic heterocycles. The van der Waals surface area contributed by atoms with Crippen molar-refractivity contribution in [2.24, 2.45) is 0 Å². The van der Waals surface area contributed by atoms with Crippen molar-refractivity contribution in [1.82, 2.24) is 4.90 Å². The minimum Gasteiger partial charge on any atom is -0.381 e. The van der Waals surface area contributed by atoms with Crippen molar-refractivity contribution in [2.45, 2.75) is 25.0 Å². The maximum Gasteiger partial charge on any atom is 0.254 e. The molecule has 1 N–H and O–H groups in total. The van der Waals surface area contributed by atoms with Crippen LogP contribution < -0.4 is 0 Å². The largest absolute Gasteiger partial charge is 0.381 e. The van der Waals surface area contributed by atoms with E-state index in [4.69, 9.17) is 0 Å². The number of amides is 1. The molecule has 2 aromatic rings. The van der Waals surface area contributed by atoms with E-state index in [0.29, 0.717) is 12.1 Å². The van der Waals surface area contributed by atoms with Crippen molar-refractivity contribution in [2.75, 3.05) is 6.54 Å². The number of nitrogens with zero attached hydrogens (tertiary/aromatic N) is 1. The number of carbonyl (C=O) groups is 1. The lowest BCUT2D eigenvalue weighted by Gasteiger charge is -2.54. The van der Waals surface area contributed by atoms with Crippen LogP contribution >= 0.6 is 0 Å². The Kier molecular flexibility index (Phi) is 3.52. The zero-order valence-electron chi connectivity index (χ0n) is 12.1. The van der Waals surface area contributed by atoms with E-state index in [1.54, 1.807) is 4.90 Å². The van der Waals surface area contributed by atoms with Gasteiger partial charge in [0.05, 0.1) is 12.6 Å². The van der Waals surface area contributed by atoms with Crippen LogP contribution in [0, 0.1) is 0 Å². The van der Waals surface area contributed by atoms with Crippen molar-refractivity contribution >= 4 is 5.91 Å². The van der Waals surface area contributed by atoms with Gasteiger partial charge >= 0.3 is 0 Å². The van der Waals surface area contributed by atoms with E-state index >= 15 is 0 Å². The average Bonchev–Trinajstić information content (AvgIpc) is 2.54. The van der Waals surface area contributed by atoms with Gasteiger partial charge in [-0.3, -0.25) is 4.79 Å². The van der Waals surface area contributed by atoms with Gasteiger partial charge in [-0.15, -0.1) is 0 Å². The second-order valence-corrected chi connectivity index (χ2v) is 5.51. The monoisotopic (exact) mass is 281 g/mol. The first kappa shape index (κ1) is 13.8. The fraction of sp³-hybridized carbons (Fsp3) is 0.278. The van der Waals surface area contributed by atoms with Crippen LogP contribution in [0.15, 0.2) is 60.7 Å². The van der Waals surface area contributed by atoms with E-state index in [9.17, 15) is 9.90 Å². The molecule has 1 heterocycles. The van der Waals surface area contributed by atoms with Crippen LogP contribution in [0.2, 0.25) is 0 Å². The van der Waals surface area contributed by atoms with E-state index < -0.39 is 5.60 Å². The van der Waals surface area contributed by atoms with Crippen molar-refractivity contribution in [1.29, 1.82) is 0 Å². The predicted molar refractivity (Wildman–Crippen MR) is 81.9 cm³/mol. The molecule has 3 rings (SSSR count). The lowest BCUT2D eigenvalue weighted by molar-refractivity contribution is -0.139. The van der Waals surface area contributed by atoms with Gasteiger partial charge in [-0.1, -0.05) is 55.5 Å². The number of hydrogen-bond acceptors (Lipinski definition) is 2. The Labute approximate surface area is 124 Å². The van der Waals surface area contributed by atoms with Crippen LogP contribution in [0.1, 0.15) is 29.3 Å². The molecular weight excluding hydrogens is 262 g/mol. The predicted octanol–water partition coefficient (Wildman–Crippen LogP) is 2.81. The minimum atomic E-state index is -0.930. The standard InChI is InChI=1S/C18H19NO2/c1-2-16-18(21,15-11-7-4-8-12-15)13-19(16)17(20)14-9-5-3-6-10-14/h3-12,16,21H,2,13H2,1H3. The van der Waals surface area contributed by atoms with Crippen LogP contribution in [-0.2, 0) is 5.60 Å². The Morgan fingerprint density at radius 3 is 2.29 bits per heavy atom. The molecule has 1 saturated heterocycles. The Morgan fingerprint density at radius 2 is 1.71 bits per heavy atom. The number of likely N-dealkylation sites (tertiary alicyclic amines) is 1.